The van der Waals surface area contributed by atoms with E-state index in [-0.39, 0.29) is 11.7 Å². The number of hydrogen-bond donors (Lipinski definition) is 1. The number of morpholine rings is 1. The van der Waals surface area contributed by atoms with Crippen LogP contribution in [0, 0.1) is 13.8 Å². The van der Waals surface area contributed by atoms with E-state index in [0.29, 0.717) is 24.7 Å². The number of nitrogens with zero attached hydrogens (tertiary/aromatic N) is 4. The van der Waals surface area contributed by atoms with Gasteiger partial charge in [0.1, 0.15) is 23.6 Å². The molecule has 3 rings (SSSR count). The highest BCUT2D eigenvalue weighted by Crippen LogP contribution is 2.22. The standard InChI is InChI=1S/C14H17N5O2/c1-9-7-13(20)18-14(16-9)11-8-19(5-6-21-11)12-3-4-15-10(2)17-12/h3-4,7,11H,5-6,8H2,1-2H3,(H,16,18,20)/t11-/m1/s1. The van der Waals surface area contributed by atoms with E-state index in [2.05, 4.69) is 24.8 Å². The maximum absolute atomic E-state index is 11.6. The summed E-state index contributed by atoms with van der Waals surface area (Å²) >= 11 is 0. The number of anilines is 1. The predicted octanol–water partition coefficient (Wildman–Crippen LogP) is 0.755. The lowest BCUT2D eigenvalue weighted by molar-refractivity contribution is 0.0335. The van der Waals surface area contributed by atoms with Gasteiger partial charge in [0.25, 0.3) is 5.56 Å². The fraction of sp³-hybridized carbons (Fsp3) is 0.429. The molecular weight excluding hydrogens is 270 g/mol. The second kappa shape index (κ2) is 5.61. The van der Waals surface area contributed by atoms with Crippen LogP contribution in [0.4, 0.5) is 5.82 Å². The Hall–Kier alpha value is -2.28. The molecule has 1 atom stereocenters. The van der Waals surface area contributed by atoms with Gasteiger partial charge >= 0.3 is 0 Å². The van der Waals surface area contributed by atoms with Crippen LogP contribution in [-0.2, 0) is 4.74 Å². The van der Waals surface area contributed by atoms with Crippen LogP contribution in [0.1, 0.15) is 23.4 Å². The number of aromatic amines is 1. The monoisotopic (exact) mass is 287 g/mol. The molecule has 1 aliphatic heterocycles. The smallest absolute Gasteiger partial charge is 0.251 e. The predicted molar refractivity (Wildman–Crippen MR) is 77.3 cm³/mol. The quantitative estimate of drug-likeness (QED) is 0.877. The van der Waals surface area contributed by atoms with Gasteiger partial charge in [0, 0.05) is 24.5 Å². The van der Waals surface area contributed by atoms with Crippen molar-refractivity contribution in [2.75, 3.05) is 24.6 Å². The van der Waals surface area contributed by atoms with Crippen LogP contribution in [0.3, 0.4) is 0 Å². The highest BCUT2D eigenvalue weighted by atomic mass is 16.5. The van der Waals surface area contributed by atoms with Crippen molar-refractivity contribution in [3.05, 3.63) is 46.0 Å². The van der Waals surface area contributed by atoms with Crippen molar-refractivity contribution >= 4 is 5.82 Å². The van der Waals surface area contributed by atoms with Crippen LogP contribution in [0.5, 0.6) is 0 Å². The van der Waals surface area contributed by atoms with Crippen molar-refractivity contribution in [1.82, 2.24) is 19.9 Å². The van der Waals surface area contributed by atoms with Gasteiger partial charge < -0.3 is 14.6 Å². The second-order valence-corrected chi connectivity index (χ2v) is 5.04. The lowest BCUT2D eigenvalue weighted by Crippen LogP contribution is -2.40. The first-order valence-corrected chi connectivity index (χ1v) is 6.86. The zero-order chi connectivity index (χ0) is 14.8. The Balaban J connectivity index is 1.84. The Kier molecular flexibility index (Phi) is 3.66. The van der Waals surface area contributed by atoms with Gasteiger partial charge in [-0.15, -0.1) is 0 Å². The van der Waals surface area contributed by atoms with Gasteiger partial charge in [-0.1, -0.05) is 0 Å². The summed E-state index contributed by atoms with van der Waals surface area (Å²) in [5.41, 5.74) is 0.531. The molecule has 0 amide bonds. The summed E-state index contributed by atoms with van der Waals surface area (Å²) in [5.74, 6) is 2.17. The van der Waals surface area contributed by atoms with Gasteiger partial charge in [-0.25, -0.2) is 15.0 Å². The fourth-order valence-corrected chi connectivity index (χ4v) is 2.40. The SMILES string of the molecule is Cc1cc(=O)[nH]c([C@H]2CN(c3ccnc(C)n3)CCO2)n1. The highest BCUT2D eigenvalue weighted by molar-refractivity contribution is 5.38. The van der Waals surface area contributed by atoms with E-state index in [0.717, 1.165) is 18.2 Å². The van der Waals surface area contributed by atoms with E-state index >= 15 is 0 Å². The number of ether oxygens (including phenoxy) is 1. The summed E-state index contributed by atoms with van der Waals surface area (Å²) in [6.07, 6.45) is 1.48. The molecule has 3 heterocycles. The Labute approximate surface area is 122 Å². The number of H-pyrrole nitrogens is 1. The van der Waals surface area contributed by atoms with E-state index in [9.17, 15) is 4.79 Å². The highest BCUT2D eigenvalue weighted by Gasteiger charge is 2.25. The summed E-state index contributed by atoms with van der Waals surface area (Å²) in [6, 6.07) is 3.35. The summed E-state index contributed by atoms with van der Waals surface area (Å²) in [6.45, 7) is 5.57. The van der Waals surface area contributed by atoms with Crippen LogP contribution >= 0.6 is 0 Å². The van der Waals surface area contributed by atoms with Gasteiger partial charge in [-0.05, 0) is 19.9 Å². The third-order valence-electron chi connectivity index (χ3n) is 3.34. The molecule has 0 radical (unpaired) electrons. The zero-order valence-corrected chi connectivity index (χ0v) is 12.0. The van der Waals surface area contributed by atoms with Crippen LogP contribution in [0.2, 0.25) is 0 Å². The van der Waals surface area contributed by atoms with Crippen LogP contribution in [0.25, 0.3) is 0 Å². The van der Waals surface area contributed by atoms with Crippen molar-refractivity contribution in [3.8, 4) is 0 Å². The first-order chi connectivity index (χ1) is 10.1. The molecule has 2 aromatic rings. The molecule has 0 unspecified atom stereocenters. The molecule has 0 aromatic carbocycles. The minimum atomic E-state index is -0.262. The van der Waals surface area contributed by atoms with Crippen molar-refractivity contribution in [2.24, 2.45) is 0 Å². The molecule has 1 fully saturated rings. The maximum atomic E-state index is 11.6. The normalized spacial score (nSPS) is 18.8. The number of aryl methyl sites for hydroxylation is 2. The largest absolute Gasteiger partial charge is 0.367 e. The molecule has 0 spiro atoms. The van der Waals surface area contributed by atoms with Gasteiger partial charge in [0.05, 0.1) is 13.2 Å². The van der Waals surface area contributed by atoms with Gasteiger partial charge in [0.15, 0.2) is 0 Å². The third-order valence-corrected chi connectivity index (χ3v) is 3.34. The summed E-state index contributed by atoms with van der Waals surface area (Å²) in [7, 11) is 0. The fourth-order valence-electron chi connectivity index (χ4n) is 2.40. The topological polar surface area (TPSA) is 84.0 Å². The maximum Gasteiger partial charge on any atom is 0.251 e. The first kappa shape index (κ1) is 13.7. The molecule has 1 aliphatic rings. The van der Waals surface area contributed by atoms with Crippen molar-refractivity contribution in [2.45, 2.75) is 20.0 Å². The Morgan fingerprint density at radius 1 is 1.38 bits per heavy atom. The van der Waals surface area contributed by atoms with Crippen molar-refractivity contribution in [1.29, 1.82) is 0 Å². The summed E-state index contributed by atoms with van der Waals surface area (Å²) < 4.78 is 5.74. The molecule has 0 bridgehead atoms. The molecule has 1 N–H and O–H groups in total. The first-order valence-electron chi connectivity index (χ1n) is 6.86. The number of hydrogen-bond acceptors (Lipinski definition) is 6. The Morgan fingerprint density at radius 2 is 2.24 bits per heavy atom. The van der Waals surface area contributed by atoms with E-state index in [1.807, 2.05) is 13.0 Å². The number of nitrogens with one attached hydrogen (secondary N) is 1. The second-order valence-electron chi connectivity index (χ2n) is 5.04. The molecule has 7 nitrogen and oxygen atoms in total. The third kappa shape index (κ3) is 3.08. The minimum Gasteiger partial charge on any atom is -0.367 e. The molecule has 0 aliphatic carbocycles. The van der Waals surface area contributed by atoms with E-state index in [4.69, 9.17) is 4.74 Å². The van der Waals surface area contributed by atoms with E-state index in [1.165, 1.54) is 6.07 Å². The number of rotatable bonds is 2. The average molecular weight is 287 g/mol. The zero-order valence-electron chi connectivity index (χ0n) is 12.0. The van der Waals surface area contributed by atoms with E-state index < -0.39 is 0 Å². The molecular formula is C14H17N5O2. The lowest BCUT2D eigenvalue weighted by Gasteiger charge is -2.33. The molecule has 7 heteroatoms. The molecule has 2 aromatic heterocycles. The molecule has 1 saturated heterocycles. The summed E-state index contributed by atoms with van der Waals surface area (Å²) in [4.78, 5) is 29.3. The van der Waals surface area contributed by atoms with Gasteiger partial charge in [-0.2, -0.15) is 0 Å². The minimum absolute atomic E-state index is 0.156. The Bertz CT molecular complexity index is 700. The van der Waals surface area contributed by atoms with E-state index in [1.54, 1.807) is 13.1 Å². The van der Waals surface area contributed by atoms with Gasteiger partial charge in [0.2, 0.25) is 0 Å². The average Bonchev–Trinajstić information content (AvgIpc) is 2.46. The molecule has 110 valence electrons. The van der Waals surface area contributed by atoms with Crippen LogP contribution in [0.15, 0.2) is 23.1 Å². The summed E-state index contributed by atoms with van der Waals surface area (Å²) in [5, 5.41) is 0. The Morgan fingerprint density at radius 3 is 3.00 bits per heavy atom. The lowest BCUT2D eigenvalue weighted by atomic mass is 10.2. The van der Waals surface area contributed by atoms with Gasteiger partial charge in [-0.3, -0.25) is 4.79 Å². The van der Waals surface area contributed by atoms with Crippen molar-refractivity contribution < 1.29 is 4.74 Å². The molecule has 0 saturated carbocycles. The van der Waals surface area contributed by atoms with Crippen molar-refractivity contribution in [3.63, 3.8) is 0 Å². The number of aromatic nitrogens is 4. The molecule has 21 heavy (non-hydrogen) atoms. The van der Waals surface area contributed by atoms with Crippen LogP contribution < -0.4 is 10.5 Å². The van der Waals surface area contributed by atoms with Crippen LogP contribution in [-0.4, -0.2) is 39.6 Å².